The number of carbonyl (C=O) groups excluding carboxylic acids is 4. The zero-order chi connectivity index (χ0) is 29.7. The van der Waals surface area contributed by atoms with Gasteiger partial charge in [0.25, 0.3) is 11.8 Å². The van der Waals surface area contributed by atoms with Crippen molar-refractivity contribution in [2.45, 2.75) is 57.5 Å². The molecule has 2 aromatic carbocycles. The Morgan fingerprint density at radius 1 is 0.977 bits per heavy atom. The lowest BCUT2D eigenvalue weighted by Crippen LogP contribution is -2.54. The van der Waals surface area contributed by atoms with Crippen molar-refractivity contribution in [1.29, 1.82) is 0 Å². The first-order valence-electron chi connectivity index (χ1n) is 14.7. The summed E-state index contributed by atoms with van der Waals surface area (Å²) in [4.78, 5) is 60.0. The fourth-order valence-electron chi connectivity index (χ4n) is 6.36. The Labute approximate surface area is 247 Å². The van der Waals surface area contributed by atoms with Crippen molar-refractivity contribution < 1.29 is 19.2 Å². The topological polar surface area (TPSA) is 139 Å². The molecule has 0 radical (unpaired) electrons. The van der Waals surface area contributed by atoms with E-state index in [1.165, 1.54) is 0 Å². The maximum atomic E-state index is 13.1. The number of imide groups is 2. The molecule has 2 aromatic heterocycles. The summed E-state index contributed by atoms with van der Waals surface area (Å²) in [6.07, 6.45) is 8.36. The van der Waals surface area contributed by atoms with Crippen LogP contribution in [0.3, 0.4) is 0 Å². The fraction of sp³-hybridized carbons (Fsp3) is 0.344. The molecule has 1 unspecified atom stereocenters. The number of fused-ring (bicyclic) bond motifs is 2. The van der Waals surface area contributed by atoms with E-state index in [2.05, 4.69) is 26.5 Å². The Morgan fingerprint density at radius 2 is 1.77 bits per heavy atom. The zero-order valence-corrected chi connectivity index (χ0v) is 23.7. The molecule has 11 heteroatoms. The van der Waals surface area contributed by atoms with E-state index in [-0.39, 0.29) is 29.9 Å². The average molecular weight is 578 g/mol. The van der Waals surface area contributed by atoms with Crippen LogP contribution in [0.5, 0.6) is 0 Å². The van der Waals surface area contributed by atoms with Gasteiger partial charge in [0.2, 0.25) is 11.8 Å². The predicted molar refractivity (Wildman–Crippen MR) is 158 cm³/mol. The van der Waals surface area contributed by atoms with Gasteiger partial charge >= 0.3 is 0 Å². The molecule has 1 saturated carbocycles. The third-order valence-electron chi connectivity index (χ3n) is 8.78. The van der Waals surface area contributed by atoms with Gasteiger partial charge in [-0.1, -0.05) is 12.1 Å². The first-order chi connectivity index (χ1) is 20.9. The van der Waals surface area contributed by atoms with Gasteiger partial charge in [0.15, 0.2) is 0 Å². The first kappa shape index (κ1) is 26.9. The van der Waals surface area contributed by atoms with Crippen LogP contribution < -0.4 is 10.6 Å². The van der Waals surface area contributed by atoms with Crippen LogP contribution in [-0.4, -0.2) is 60.9 Å². The van der Waals surface area contributed by atoms with Gasteiger partial charge in [-0.2, -0.15) is 5.10 Å². The second kappa shape index (κ2) is 10.7. The number of anilines is 1. The minimum atomic E-state index is -0.961. The molecule has 0 spiro atoms. The van der Waals surface area contributed by atoms with Gasteiger partial charge in [0, 0.05) is 30.4 Å². The number of aryl methyl sites for hydroxylation is 1. The summed E-state index contributed by atoms with van der Waals surface area (Å²) in [5, 5.41) is 10.4. The lowest BCUT2D eigenvalue weighted by Gasteiger charge is -2.35. The summed E-state index contributed by atoms with van der Waals surface area (Å²) < 4.78 is 2.08. The van der Waals surface area contributed by atoms with Crippen LogP contribution in [0.1, 0.15) is 71.0 Å². The van der Waals surface area contributed by atoms with E-state index >= 15 is 0 Å². The van der Waals surface area contributed by atoms with Crippen LogP contribution in [-0.2, 0) is 9.59 Å². The Morgan fingerprint density at radius 3 is 2.58 bits per heavy atom. The van der Waals surface area contributed by atoms with Gasteiger partial charge in [-0.25, -0.2) is 4.98 Å². The summed E-state index contributed by atoms with van der Waals surface area (Å²) in [6.45, 7) is 2.75. The number of benzene rings is 2. The number of aromatic nitrogens is 4. The highest BCUT2D eigenvalue weighted by atomic mass is 16.2. The number of para-hydroxylation sites is 2. The number of nitrogens with zero attached hydrogens (tertiary/aromatic N) is 5. The van der Waals surface area contributed by atoms with Crippen LogP contribution in [0.2, 0.25) is 0 Å². The van der Waals surface area contributed by atoms with E-state index in [9.17, 15) is 19.2 Å². The average Bonchev–Trinajstić information content (AvgIpc) is 3.48. The highest BCUT2D eigenvalue weighted by molar-refractivity contribution is 6.23. The summed E-state index contributed by atoms with van der Waals surface area (Å²) in [5.41, 5.74) is 5.88. The minimum Gasteiger partial charge on any atom is -0.385 e. The normalized spacial score (nSPS) is 21.6. The van der Waals surface area contributed by atoms with E-state index in [0.717, 1.165) is 70.8 Å². The molecule has 2 aliphatic heterocycles. The van der Waals surface area contributed by atoms with Gasteiger partial charge in [-0.05, 0) is 75.3 Å². The molecule has 4 heterocycles. The van der Waals surface area contributed by atoms with Crippen LogP contribution in [0.4, 0.5) is 5.69 Å². The predicted octanol–water partition coefficient (Wildman–Crippen LogP) is 4.05. The zero-order valence-electron chi connectivity index (χ0n) is 23.7. The third kappa shape index (κ3) is 4.94. The highest BCUT2D eigenvalue weighted by Crippen LogP contribution is 2.41. The SMILES string of the molecule is Cc1nn(C2CC(CCCNc3ccc4c(c3)C(=O)N(C3CCC(=O)NC3=O)C4=O)C2)cc1-c1cnc2ccccc2n1. The van der Waals surface area contributed by atoms with Crippen LogP contribution in [0, 0.1) is 12.8 Å². The Hall–Kier alpha value is -4.93. The van der Waals surface area contributed by atoms with Crippen molar-refractivity contribution in [3.8, 4) is 11.3 Å². The van der Waals surface area contributed by atoms with Crippen molar-refractivity contribution in [2.75, 3.05) is 11.9 Å². The summed E-state index contributed by atoms with van der Waals surface area (Å²) in [5.74, 6) is -1.36. The van der Waals surface area contributed by atoms with E-state index in [1.54, 1.807) is 18.2 Å². The van der Waals surface area contributed by atoms with Gasteiger partial charge in [-0.3, -0.25) is 39.1 Å². The molecule has 2 N–H and O–H groups in total. The van der Waals surface area contributed by atoms with Gasteiger partial charge in [0.1, 0.15) is 6.04 Å². The largest absolute Gasteiger partial charge is 0.385 e. The third-order valence-corrected chi connectivity index (χ3v) is 8.78. The molecule has 3 aliphatic rings. The number of hydrogen-bond donors (Lipinski definition) is 2. The Balaban J connectivity index is 0.902. The molecule has 4 aromatic rings. The highest BCUT2D eigenvalue weighted by Gasteiger charge is 2.44. The lowest BCUT2D eigenvalue weighted by atomic mass is 9.77. The molecule has 1 saturated heterocycles. The van der Waals surface area contributed by atoms with Crippen molar-refractivity contribution in [3.63, 3.8) is 0 Å². The Kier molecular flexibility index (Phi) is 6.72. The second-order valence-corrected chi connectivity index (χ2v) is 11.6. The summed E-state index contributed by atoms with van der Waals surface area (Å²) in [6, 6.07) is 12.4. The summed E-state index contributed by atoms with van der Waals surface area (Å²) >= 11 is 0. The van der Waals surface area contributed by atoms with Crippen molar-refractivity contribution >= 4 is 40.3 Å². The van der Waals surface area contributed by atoms with Crippen molar-refractivity contribution in [3.05, 3.63) is 71.7 Å². The van der Waals surface area contributed by atoms with Crippen LogP contribution >= 0.6 is 0 Å². The number of piperidine rings is 1. The molecule has 11 nitrogen and oxygen atoms in total. The van der Waals surface area contributed by atoms with Gasteiger partial charge < -0.3 is 5.32 Å². The first-order valence-corrected chi connectivity index (χ1v) is 14.7. The smallest absolute Gasteiger partial charge is 0.262 e. The number of hydrogen-bond acceptors (Lipinski definition) is 8. The molecule has 43 heavy (non-hydrogen) atoms. The van der Waals surface area contributed by atoms with Gasteiger partial charge in [-0.15, -0.1) is 0 Å². The number of rotatable bonds is 8. The quantitative estimate of drug-likeness (QED) is 0.236. The molecule has 1 aliphatic carbocycles. The van der Waals surface area contributed by atoms with E-state index in [1.807, 2.05) is 37.4 Å². The minimum absolute atomic E-state index is 0.0987. The second-order valence-electron chi connectivity index (χ2n) is 11.6. The van der Waals surface area contributed by atoms with Crippen molar-refractivity contribution in [1.82, 2.24) is 30.0 Å². The molecule has 4 amide bonds. The van der Waals surface area contributed by atoms with E-state index in [0.29, 0.717) is 12.0 Å². The van der Waals surface area contributed by atoms with Crippen LogP contribution in [0.25, 0.3) is 22.3 Å². The van der Waals surface area contributed by atoms with E-state index in [4.69, 9.17) is 10.1 Å². The standard InChI is InChI=1S/C32H31N7O4/c1-18-24(27-16-34-25-6-2-3-7-26(25)35-27)17-38(37-18)21-13-19(14-21)5-4-12-33-20-8-9-22-23(15-20)32(43)39(31(22)42)28-10-11-29(40)36-30(28)41/h2-3,6-9,15-17,19,21,28,33H,4-5,10-14H2,1H3,(H,36,40,41). The fourth-order valence-corrected chi connectivity index (χ4v) is 6.36. The summed E-state index contributed by atoms with van der Waals surface area (Å²) in [7, 11) is 0. The molecule has 218 valence electrons. The van der Waals surface area contributed by atoms with Gasteiger partial charge in [0.05, 0.1) is 45.8 Å². The number of carbonyl (C=O) groups is 4. The Bertz CT molecular complexity index is 1790. The molecule has 1 atom stereocenters. The molecule has 2 fully saturated rings. The molecular weight excluding hydrogens is 546 g/mol. The lowest BCUT2D eigenvalue weighted by molar-refractivity contribution is -0.136. The number of nitrogens with one attached hydrogen (secondary N) is 2. The van der Waals surface area contributed by atoms with Crippen molar-refractivity contribution in [2.24, 2.45) is 5.92 Å². The molecule has 7 rings (SSSR count). The van der Waals surface area contributed by atoms with E-state index < -0.39 is 23.8 Å². The molecular formula is C32H31N7O4. The maximum Gasteiger partial charge on any atom is 0.262 e. The van der Waals surface area contributed by atoms with Crippen LogP contribution in [0.15, 0.2) is 54.9 Å². The number of amides is 4. The molecule has 0 bridgehead atoms. The maximum absolute atomic E-state index is 13.1. The monoisotopic (exact) mass is 577 g/mol.